The van der Waals surface area contributed by atoms with Crippen molar-refractivity contribution >= 4 is 15.8 Å². The summed E-state index contributed by atoms with van der Waals surface area (Å²) >= 11 is 0. The van der Waals surface area contributed by atoms with Crippen LogP contribution in [0.15, 0.2) is 65.0 Å². The SMILES string of the molecule is C=CCOc1ccccc1CNC(=NCc1ccc(S(C)(=O)=O)c(C)c1)NCC. The van der Waals surface area contributed by atoms with Crippen LogP contribution in [0, 0.1) is 6.92 Å². The van der Waals surface area contributed by atoms with Gasteiger partial charge in [-0.1, -0.05) is 43.0 Å². The van der Waals surface area contributed by atoms with Gasteiger partial charge in [-0.25, -0.2) is 13.4 Å². The van der Waals surface area contributed by atoms with E-state index in [4.69, 9.17) is 4.74 Å². The van der Waals surface area contributed by atoms with Crippen molar-refractivity contribution in [2.75, 3.05) is 19.4 Å². The molecule has 2 N–H and O–H groups in total. The van der Waals surface area contributed by atoms with Gasteiger partial charge in [0.2, 0.25) is 0 Å². The van der Waals surface area contributed by atoms with E-state index in [0.29, 0.717) is 30.6 Å². The smallest absolute Gasteiger partial charge is 0.191 e. The molecule has 0 bridgehead atoms. The van der Waals surface area contributed by atoms with Crippen molar-refractivity contribution in [2.45, 2.75) is 31.8 Å². The number of guanidine groups is 1. The van der Waals surface area contributed by atoms with E-state index in [1.54, 1.807) is 25.1 Å². The molecule has 29 heavy (non-hydrogen) atoms. The lowest BCUT2D eigenvalue weighted by Gasteiger charge is -2.14. The number of hydrogen-bond donors (Lipinski definition) is 2. The van der Waals surface area contributed by atoms with Crippen LogP contribution < -0.4 is 15.4 Å². The lowest BCUT2D eigenvalue weighted by molar-refractivity contribution is 0.358. The third kappa shape index (κ3) is 6.94. The van der Waals surface area contributed by atoms with E-state index < -0.39 is 9.84 Å². The summed E-state index contributed by atoms with van der Waals surface area (Å²) in [4.78, 5) is 4.96. The van der Waals surface area contributed by atoms with Crippen LogP contribution >= 0.6 is 0 Å². The fraction of sp³-hybridized carbons (Fsp3) is 0.318. The molecule has 0 aliphatic carbocycles. The van der Waals surface area contributed by atoms with Gasteiger partial charge < -0.3 is 15.4 Å². The van der Waals surface area contributed by atoms with Crippen LogP contribution in [-0.4, -0.2) is 33.8 Å². The van der Waals surface area contributed by atoms with Crippen molar-refractivity contribution < 1.29 is 13.2 Å². The summed E-state index contributed by atoms with van der Waals surface area (Å²) in [6, 6.07) is 13.1. The van der Waals surface area contributed by atoms with Crippen LogP contribution in [0.1, 0.15) is 23.6 Å². The molecule has 0 aromatic heterocycles. The first-order chi connectivity index (χ1) is 13.8. The van der Waals surface area contributed by atoms with Crippen molar-refractivity contribution in [3.05, 3.63) is 71.8 Å². The molecule has 2 rings (SSSR count). The van der Waals surface area contributed by atoms with Gasteiger partial charge in [-0.15, -0.1) is 0 Å². The second kappa shape index (κ2) is 10.7. The molecule has 0 saturated heterocycles. The summed E-state index contributed by atoms with van der Waals surface area (Å²) in [6.07, 6.45) is 2.93. The maximum Gasteiger partial charge on any atom is 0.191 e. The van der Waals surface area contributed by atoms with Gasteiger partial charge in [0.05, 0.1) is 11.4 Å². The molecule has 0 radical (unpaired) electrons. The van der Waals surface area contributed by atoms with Crippen LogP contribution in [0.2, 0.25) is 0 Å². The van der Waals surface area contributed by atoms with Crippen molar-refractivity contribution in [2.24, 2.45) is 4.99 Å². The van der Waals surface area contributed by atoms with E-state index in [0.717, 1.165) is 29.0 Å². The normalized spacial score (nSPS) is 11.8. The Morgan fingerprint density at radius 2 is 1.97 bits per heavy atom. The molecule has 7 heteroatoms. The van der Waals surface area contributed by atoms with Gasteiger partial charge in [-0.2, -0.15) is 0 Å². The zero-order chi connectivity index (χ0) is 21.3. The topological polar surface area (TPSA) is 79.8 Å². The van der Waals surface area contributed by atoms with E-state index in [2.05, 4.69) is 22.2 Å². The van der Waals surface area contributed by atoms with E-state index in [-0.39, 0.29) is 0 Å². The fourth-order valence-corrected chi connectivity index (χ4v) is 3.82. The maximum atomic E-state index is 11.8. The molecule has 156 valence electrons. The van der Waals surface area contributed by atoms with E-state index in [9.17, 15) is 8.42 Å². The van der Waals surface area contributed by atoms with E-state index in [1.165, 1.54) is 6.26 Å². The molecule has 6 nitrogen and oxygen atoms in total. The van der Waals surface area contributed by atoms with Crippen LogP contribution in [-0.2, 0) is 22.9 Å². The number of nitrogens with zero attached hydrogens (tertiary/aromatic N) is 1. The van der Waals surface area contributed by atoms with Crippen molar-refractivity contribution in [3.63, 3.8) is 0 Å². The highest BCUT2D eigenvalue weighted by atomic mass is 32.2. The summed E-state index contributed by atoms with van der Waals surface area (Å²) < 4.78 is 29.2. The fourth-order valence-electron chi connectivity index (χ4n) is 2.86. The number of para-hydroxylation sites is 1. The number of aryl methyl sites for hydroxylation is 1. The summed E-state index contributed by atoms with van der Waals surface area (Å²) in [5, 5.41) is 6.53. The van der Waals surface area contributed by atoms with Crippen molar-refractivity contribution in [3.8, 4) is 5.75 Å². The number of sulfone groups is 1. The molecular formula is C22H29N3O3S. The number of rotatable bonds is 9. The first-order valence-electron chi connectivity index (χ1n) is 9.48. The molecule has 0 aliphatic rings. The second-order valence-electron chi connectivity index (χ2n) is 6.63. The summed E-state index contributed by atoms with van der Waals surface area (Å²) in [5.41, 5.74) is 2.70. The molecule has 2 aromatic carbocycles. The molecule has 0 amide bonds. The Hall–Kier alpha value is -2.80. The van der Waals surface area contributed by atoms with Gasteiger partial charge in [0.15, 0.2) is 15.8 Å². The lowest BCUT2D eigenvalue weighted by Crippen LogP contribution is -2.36. The Bertz CT molecular complexity index is 969. The molecule has 0 aliphatic heterocycles. The monoisotopic (exact) mass is 415 g/mol. The summed E-state index contributed by atoms with van der Waals surface area (Å²) in [5.74, 6) is 1.48. The van der Waals surface area contributed by atoms with Gasteiger partial charge in [0.25, 0.3) is 0 Å². The molecule has 0 atom stereocenters. The Balaban J connectivity index is 2.09. The van der Waals surface area contributed by atoms with Crippen LogP contribution in [0.25, 0.3) is 0 Å². The molecule has 0 unspecified atom stereocenters. The maximum absolute atomic E-state index is 11.8. The molecule has 0 saturated carbocycles. The van der Waals surface area contributed by atoms with Gasteiger partial charge in [0.1, 0.15) is 12.4 Å². The summed E-state index contributed by atoms with van der Waals surface area (Å²) in [7, 11) is -3.22. The zero-order valence-corrected chi connectivity index (χ0v) is 18.1. The van der Waals surface area contributed by atoms with Gasteiger partial charge in [0, 0.05) is 24.9 Å². The van der Waals surface area contributed by atoms with E-state index >= 15 is 0 Å². The molecule has 0 spiro atoms. The average Bonchev–Trinajstić information content (AvgIpc) is 2.68. The Morgan fingerprint density at radius 3 is 2.62 bits per heavy atom. The Morgan fingerprint density at radius 1 is 1.21 bits per heavy atom. The van der Waals surface area contributed by atoms with Gasteiger partial charge in [-0.3, -0.25) is 0 Å². The minimum atomic E-state index is -3.22. The highest BCUT2D eigenvalue weighted by Crippen LogP contribution is 2.18. The Labute approximate surface area is 173 Å². The van der Waals surface area contributed by atoms with Crippen molar-refractivity contribution in [1.82, 2.24) is 10.6 Å². The van der Waals surface area contributed by atoms with Crippen molar-refractivity contribution in [1.29, 1.82) is 0 Å². The largest absolute Gasteiger partial charge is 0.489 e. The number of hydrogen-bond acceptors (Lipinski definition) is 4. The molecule has 0 fully saturated rings. The molecule has 0 heterocycles. The average molecular weight is 416 g/mol. The zero-order valence-electron chi connectivity index (χ0n) is 17.2. The lowest BCUT2D eigenvalue weighted by atomic mass is 10.1. The highest BCUT2D eigenvalue weighted by Gasteiger charge is 2.11. The van der Waals surface area contributed by atoms with E-state index in [1.807, 2.05) is 37.3 Å². The van der Waals surface area contributed by atoms with Crippen LogP contribution in [0.5, 0.6) is 5.75 Å². The first kappa shape index (κ1) is 22.5. The Kier molecular flexibility index (Phi) is 8.27. The molecule has 2 aromatic rings. The van der Waals surface area contributed by atoms with Gasteiger partial charge >= 0.3 is 0 Å². The predicted octanol–water partition coefficient (Wildman–Crippen LogP) is 3.22. The van der Waals surface area contributed by atoms with Crippen LogP contribution in [0.3, 0.4) is 0 Å². The highest BCUT2D eigenvalue weighted by molar-refractivity contribution is 7.90. The molecular weight excluding hydrogens is 386 g/mol. The summed E-state index contributed by atoms with van der Waals surface area (Å²) in [6.45, 7) is 9.66. The third-order valence-electron chi connectivity index (χ3n) is 4.18. The third-order valence-corrected chi connectivity index (χ3v) is 5.44. The standard InChI is InChI=1S/C22H29N3O3S/c1-5-13-28-20-10-8-7-9-19(20)16-25-22(23-6-2)24-15-18-11-12-21(17(3)14-18)29(4,26)27/h5,7-12,14H,1,6,13,15-16H2,2-4H3,(H2,23,24,25). The quantitative estimate of drug-likeness (QED) is 0.373. The van der Waals surface area contributed by atoms with Gasteiger partial charge in [-0.05, 0) is 37.1 Å². The minimum absolute atomic E-state index is 0.353. The number of nitrogens with one attached hydrogen (secondary N) is 2. The second-order valence-corrected chi connectivity index (χ2v) is 8.61. The van der Waals surface area contributed by atoms with Crippen LogP contribution in [0.4, 0.5) is 0 Å². The first-order valence-corrected chi connectivity index (χ1v) is 11.4. The number of benzene rings is 2. The number of aliphatic imine (C=N–C) groups is 1. The number of ether oxygens (including phenoxy) is 1. The minimum Gasteiger partial charge on any atom is -0.489 e. The predicted molar refractivity (Wildman–Crippen MR) is 118 cm³/mol.